The lowest BCUT2D eigenvalue weighted by Gasteiger charge is -2.36. The zero-order valence-electron chi connectivity index (χ0n) is 18.8. The minimum Gasteiger partial charge on any atom is -0.332 e. The Morgan fingerprint density at radius 1 is 1.06 bits per heavy atom. The minimum atomic E-state index is -0.210. The summed E-state index contributed by atoms with van der Waals surface area (Å²) < 4.78 is 1.66. The standard InChI is InChI=1S/C26H29N3O2S/c1-18-12-14-20(15-13-18)22-17-29(26(31)21-9-5-4-6-10-21)24(27-22)23-11-7-8-16-28(23)25(30)19(2)32-3/h4-6,9-10,12-15,17,19,23H,7-8,11,16H2,1-3H3. The number of hydrogen-bond donors (Lipinski definition) is 0. The maximum absolute atomic E-state index is 13.5. The molecule has 6 heteroatoms. The van der Waals surface area contributed by atoms with E-state index in [1.54, 1.807) is 16.3 Å². The third kappa shape index (κ3) is 4.51. The van der Waals surface area contributed by atoms with Crippen LogP contribution < -0.4 is 0 Å². The molecule has 1 aliphatic heterocycles. The molecule has 1 saturated heterocycles. The van der Waals surface area contributed by atoms with E-state index < -0.39 is 0 Å². The molecule has 4 rings (SSSR count). The summed E-state index contributed by atoms with van der Waals surface area (Å²) in [6.45, 7) is 4.68. The molecule has 2 heterocycles. The number of nitrogens with zero attached hydrogens (tertiary/aromatic N) is 3. The fourth-order valence-electron chi connectivity index (χ4n) is 4.17. The number of hydrogen-bond acceptors (Lipinski definition) is 4. The van der Waals surface area contributed by atoms with E-state index in [4.69, 9.17) is 4.98 Å². The van der Waals surface area contributed by atoms with Crippen LogP contribution in [0.2, 0.25) is 0 Å². The van der Waals surface area contributed by atoms with Gasteiger partial charge in [-0.1, -0.05) is 48.0 Å². The van der Waals surface area contributed by atoms with E-state index in [0.717, 1.165) is 30.5 Å². The second-order valence-electron chi connectivity index (χ2n) is 8.31. The molecule has 166 valence electrons. The van der Waals surface area contributed by atoms with Crippen molar-refractivity contribution in [2.24, 2.45) is 0 Å². The van der Waals surface area contributed by atoms with Gasteiger partial charge in [-0.3, -0.25) is 14.2 Å². The van der Waals surface area contributed by atoms with Crippen LogP contribution in [-0.4, -0.2) is 44.3 Å². The second-order valence-corrected chi connectivity index (χ2v) is 9.49. The Morgan fingerprint density at radius 2 is 1.78 bits per heavy atom. The molecule has 1 aromatic heterocycles. The Morgan fingerprint density at radius 3 is 2.47 bits per heavy atom. The fraction of sp³-hybridized carbons (Fsp3) is 0.346. The van der Waals surface area contributed by atoms with Gasteiger partial charge in [0.1, 0.15) is 5.82 Å². The molecule has 5 nitrogen and oxygen atoms in total. The zero-order chi connectivity index (χ0) is 22.7. The van der Waals surface area contributed by atoms with Gasteiger partial charge in [0.25, 0.3) is 5.91 Å². The number of piperidine rings is 1. The Hall–Kier alpha value is -2.86. The van der Waals surface area contributed by atoms with Crippen LogP contribution in [0, 0.1) is 6.92 Å². The SMILES string of the molecule is CSC(C)C(=O)N1CCCCC1c1nc(-c2ccc(C)cc2)cn1C(=O)c1ccccc1. The summed E-state index contributed by atoms with van der Waals surface area (Å²) in [5.74, 6) is 0.638. The number of rotatable bonds is 5. The molecule has 2 atom stereocenters. The highest BCUT2D eigenvalue weighted by molar-refractivity contribution is 7.99. The highest BCUT2D eigenvalue weighted by atomic mass is 32.2. The first-order chi connectivity index (χ1) is 15.5. The number of imidazole rings is 1. The molecule has 1 amide bonds. The summed E-state index contributed by atoms with van der Waals surface area (Å²) in [6, 6.07) is 17.2. The predicted octanol–water partition coefficient (Wildman–Crippen LogP) is 5.35. The van der Waals surface area contributed by atoms with Crippen LogP contribution in [0.5, 0.6) is 0 Å². The summed E-state index contributed by atoms with van der Waals surface area (Å²) in [7, 11) is 0. The summed E-state index contributed by atoms with van der Waals surface area (Å²) in [5, 5.41) is -0.125. The lowest BCUT2D eigenvalue weighted by atomic mass is 10.0. The van der Waals surface area contributed by atoms with Gasteiger partial charge in [-0.2, -0.15) is 11.8 Å². The highest BCUT2D eigenvalue weighted by Crippen LogP contribution is 2.34. The average Bonchev–Trinajstić information content (AvgIpc) is 3.29. The summed E-state index contributed by atoms with van der Waals surface area (Å²) in [5.41, 5.74) is 3.49. The molecule has 1 aliphatic rings. The Balaban J connectivity index is 1.80. The zero-order valence-corrected chi connectivity index (χ0v) is 19.6. The van der Waals surface area contributed by atoms with Crippen LogP contribution in [0.25, 0.3) is 11.3 Å². The molecule has 0 spiro atoms. The topological polar surface area (TPSA) is 55.2 Å². The van der Waals surface area contributed by atoms with Crippen LogP contribution in [0.4, 0.5) is 0 Å². The van der Waals surface area contributed by atoms with Crippen molar-refractivity contribution < 1.29 is 9.59 Å². The molecule has 3 aromatic rings. The normalized spacial score (nSPS) is 17.2. The number of carbonyl (C=O) groups is 2. The van der Waals surface area contributed by atoms with E-state index in [9.17, 15) is 9.59 Å². The smallest absolute Gasteiger partial charge is 0.263 e. The van der Waals surface area contributed by atoms with E-state index in [1.165, 1.54) is 5.56 Å². The minimum absolute atomic E-state index is 0.112. The van der Waals surface area contributed by atoms with Gasteiger partial charge in [0.05, 0.1) is 17.0 Å². The molecule has 0 aliphatic carbocycles. The molecule has 2 aromatic carbocycles. The summed E-state index contributed by atoms with van der Waals surface area (Å²) >= 11 is 1.55. The third-order valence-corrected chi connectivity index (χ3v) is 7.01. The molecule has 0 bridgehead atoms. The molecular formula is C26H29N3O2S. The highest BCUT2D eigenvalue weighted by Gasteiger charge is 2.34. The monoisotopic (exact) mass is 447 g/mol. The number of amides is 1. The molecule has 32 heavy (non-hydrogen) atoms. The van der Waals surface area contributed by atoms with E-state index >= 15 is 0 Å². The van der Waals surface area contributed by atoms with Gasteiger partial charge in [-0.25, -0.2) is 4.98 Å². The van der Waals surface area contributed by atoms with Crippen molar-refractivity contribution in [2.45, 2.75) is 44.4 Å². The van der Waals surface area contributed by atoms with E-state index in [0.29, 0.717) is 17.9 Å². The number of aryl methyl sites for hydroxylation is 1. The fourth-order valence-corrected chi connectivity index (χ4v) is 4.51. The van der Waals surface area contributed by atoms with Crippen LogP contribution >= 0.6 is 11.8 Å². The van der Waals surface area contributed by atoms with Crippen molar-refractivity contribution in [2.75, 3.05) is 12.8 Å². The van der Waals surface area contributed by atoms with Gasteiger partial charge in [-0.15, -0.1) is 0 Å². The van der Waals surface area contributed by atoms with E-state index in [-0.39, 0.29) is 23.1 Å². The van der Waals surface area contributed by atoms with Crippen molar-refractivity contribution in [3.8, 4) is 11.3 Å². The van der Waals surface area contributed by atoms with Crippen LogP contribution in [0.3, 0.4) is 0 Å². The molecule has 0 N–H and O–H groups in total. The van der Waals surface area contributed by atoms with Gasteiger partial charge in [-0.05, 0) is 51.5 Å². The third-order valence-electron chi connectivity index (χ3n) is 6.11. The van der Waals surface area contributed by atoms with Gasteiger partial charge >= 0.3 is 0 Å². The van der Waals surface area contributed by atoms with E-state index in [1.807, 2.05) is 85.8 Å². The quantitative estimate of drug-likeness (QED) is 0.529. The molecule has 1 fully saturated rings. The van der Waals surface area contributed by atoms with Gasteiger partial charge in [0.2, 0.25) is 5.91 Å². The van der Waals surface area contributed by atoms with Gasteiger partial charge in [0.15, 0.2) is 0 Å². The van der Waals surface area contributed by atoms with E-state index in [2.05, 4.69) is 0 Å². The first-order valence-corrected chi connectivity index (χ1v) is 12.4. The van der Waals surface area contributed by atoms with Crippen LogP contribution in [0.15, 0.2) is 60.8 Å². The summed E-state index contributed by atoms with van der Waals surface area (Å²) in [6.07, 6.45) is 6.57. The van der Waals surface area contributed by atoms with Crippen molar-refractivity contribution in [3.63, 3.8) is 0 Å². The van der Waals surface area contributed by atoms with Crippen molar-refractivity contribution >= 4 is 23.6 Å². The number of thioether (sulfide) groups is 1. The molecule has 0 radical (unpaired) electrons. The van der Waals surface area contributed by atoms with Crippen LogP contribution in [-0.2, 0) is 4.79 Å². The maximum Gasteiger partial charge on any atom is 0.263 e. The lowest BCUT2D eigenvalue weighted by Crippen LogP contribution is -2.43. The lowest BCUT2D eigenvalue weighted by molar-refractivity contribution is -0.134. The average molecular weight is 448 g/mol. The maximum atomic E-state index is 13.5. The summed E-state index contributed by atoms with van der Waals surface area (Å²) in [4.78, 5) is 33.5. The first kappa shape index (κ1) is 22.3. The largest absolute Gasteiger partial charge is 0.332 e. The molecule has 2 unspecified atom stereocenters. The van der Waals surface area contributed by atoms with Gasteiger partial charge < -0.3 is 4.90 Å². The number of likely N-dealkylation sites (tertiary alicyclic amines) is 1. The first-order valence-electron chi connectivity index (χ1n) is 11.1. The Labute approximate surface area is 193 Å². The van der Waals surface area contributed by atoms with Crippen molar-refractivity contribution in [1.82, 2.24) is 14.5 Å². The number of benzene rings is 2. The van der Waals surface area contributed by atoms with Crippen molar-refractivity contribution in [1.29, 1.82) is 0 Å². The Bertz CT molecular complexity index is 1090. The molecule has 0 saturated carbocycles. The molecular weight excluding hydrogens is 418 g/mol. The Kier molecular flexibility index (Phi) is 6.80. The van der Waals surface area contributed by atoms with Crippen molar-refractivity contribution in [3.05, 3.63) is 77.7 Å². The number of aromatic nitrogens is 2. The van der Waals surface area contributed by atoms with Crippen LogP contribution in [0.1, 0.15) is 54.0 Å². The predicted molar refractivity (Wildman–Crippen MR) is 130 cm³/mol. The number of carbonyl (C=O) groups excluding carboxylic acids is 2. The van der Waals surface area contributed by atoms with Gasteiger partial charge in [0, 0.05) is 23.9 Å². The second kappa shape index (κ2) is 9.74.